The van der Waals surface area contributed by atoms with Crippen LogP contribution in [0.4, 0.5) is 13.2 Å². The van der Waals surface area contributed by atoms with Crippen molar-refractivity contribution in [3.8, 4) is 0 Å². The molecule has 1 aliphatic heterocycles. The molecule has 3 aromatic rings. The van der Waals surface area contributed by atoms with Crippen molar-refractivity contribution in [2.24, 2.45) is 0 Å². The van der Waals surface area contributed by atoms with E-state index in [1.54, 1.807) is 37.4 Å². The molecular weight excluding hydrogens is 383 g/mol. The van der Waals surface area contributed by atoms with E-state index in [1.165, 1.54) is 6.07 Å². The molecule has 0 aliphatic carbocycles. The molecule has 0 bridgehead atoms. The van der Waals surface area contributed by atoms with Crippen LogP contribution in [-0.4, -0.2) is 37.1 Å². The highest BCUT2D eigenvalue weighted by Crippen LogP contribution is 2.33. The zero-order chi connectivity index (χ0) is 20.6. The Balaban J connectivity index is 1.78. The van der Waals surface area contributed by atoms with E-state index in [1.807, 2.05) is 4.90 Å². The minimum Gasteiger partial charge on any atom is -0.288 e. The summed E-state index contributed by atoms with van der Waals surface area (Å²) in [6.45, 7) is 1.60. The van der Waals surface area contributed by atoms with E-state index in [9.17, 15) is 18.0 Å². The predicted molar refractivity (Wildman–Crippen MR) is 101 cm³/mol. The number of aromatic nitrogens is 4. The van der Waals surface area contributed by atoms with Crippen LogP contribution in [0.5, 0.6) is 0 Å². The van der Waals surface area contributed by atoms with Gasteiger partial charge in [0.1, 0.15) is 18.2 Å². The van der Waals surface area contributed by atoms with Crippen LogP contribution in [0.3, 0.4) is 0 Å². The quantitative estimate of drug-likeness (QED) is 0.668. The van der Waals surface area contributed by atoms with Crippen LogP contribution < -0.4 is 5.56 Å². The minimum absolute atomic E-state index is 0.161. The summed E-state index contributed by atoms with van der Waals surface area (Å²) >= 11 is 0. The number of halogens is 3. The Morgan fingerprint density at radius 1 is 1.17 bits per heavy atom. The third-order valence-electron chi connectivity index (χ3n) is 5.09. The molecule has 1 saturated heterocycles. The molecule has 1 fully saturated rings. The first-order valence-electron chi connectivity index (χ1n) is 9.40. The summed E-state index contributed by atoms with van der Waals surface area (Å²) < 4.78 is 40.6. The van der Waals surface area contributed by atoms with E-state index in [4.69, 9.17) is 0 Å². The number of para-hydroxylation sites is 1. The maximum absolute atomic E-state index is 13.3. The van der Waals surface area contributed by atoms with Crippen LogP contribution >= 0.6 is 0 Å². The normalized spacial score (nSPS) is 17.9. The molecule has 1 unspecified atom stereocenters. The van der Waals surface area contributed by atoms with Crippen LogP contribution in [0.15, 0.2) is 41.3 Å². The molecule has 0 N–H and O–H groups in total. The van der Waals surface area contributed by atoms with Gasteiger partial charge in [0.15, 0.2) is 0 Å². The fourth-order valence-corrected chi connectivity index (χ4v) is 3.88. The molecule has 6 nitrogen and oxygen atoms in total. The maximum Gasteiger partial charge on any atom is 0.406 e. The van der Waals surface area contributed by atoms with Gasteiger partial charge in [-0.1, -0.05) is 12.1 Å². The summed E-state index contributed by atoms with van der Waals surface area (Å²) in [5.41, 5.74) is 0.540. The van der Waals surface area contributed by atoms with Gasteiger partial charge in [-0.05, 0) is 44.5 Å². The van der Waals surface area contributed by atoms with Crippen LogP contribution in [0.2, 0.25) is 0 Å². The Morgan fingerprint density at radius 3 is 2.72 bits per heavy atom. The Bertz CT molecular complexity index is 1100. The SMILES string of the molecule is Cc1nccc(CN2CCCC2c2nc3ccccc3c(=O)n2CC(F)(F)F)n1. The largest absolute Gasteiger partial charge is 0.406 e. The van der Waals surface area contributed by atoms with E-state index in [2.05, 4.69) is 15.0 Å². The second-order valence-electron chi connectivity index (χ2n) is 7.22. The van der Waals surface area contributed by atoms with Gasteiger partial charge in [0.25, 0.3) is 5.56 Å². The molecule has 0 saturated carbocycles. The molecule has 1 aliphatic rings. The molecule has 1 aromatic carbocycles. The summed E-state index contributed by atoms with van der Waals surface area (Å²) in [7, 11) is 0. The molecule has 3 heterocycles. The first kappa shape index (κ1) is 19.5. The lowest BCUT2D eigenvalue weighted by Crippen LogP contribution is -2.35. The second-order valence-corrected chi connectivity index (χ2v) is 7.22. The van der Waals surface area contributed by atoms with Gasteiger partial charge in [0.2, 0.25) is 0 Å². The van der Waals surface area contributed by atoms with E-state index in [-0.39, 0.29) is 17.3 Å². The van der Waals surface area contributed by atoms with Gasteiger partial charge in [0, 0.05) is 12.7 Å². The summed E-state index contributed by atoms with van der Waals surface area (Å²) in [5, 5.41) is 0.191. The van der Waals surface area contributed by atoms with Crippen LogP contribution in [0.1, 0.15) is 36.2 Å². The molecule has 4 rings (SSSR count). The summed E-state index contributed by atoms with van der Waals surface area (Å²) in [6, 6.07) is 7.93. The Hall–Kier alpha value is -2.81. The number of rotatable bonds is 4. The second kappa shape index (κ2) is 7.55. The Morgan fingerprint density at radius 2 is 1.97 bits per heavy atom. The Labute approximate surface area is 165 Å². The molecule has 0 spiro atoms. The smallest absolute Gasteiger partial charge is 0.288 e. The highest BCUT2D eigenvalue weighted by atomic mass is 19.4. The lowest BCUT2D eigenvalue weighted by Gasteiger charge is -2.26. The number of likely N-dealkylation sites (tertiary alicyclic amines) is 1. The van der Waals surface area contributed by atoms with Gasteiger partial charge in [0.05, 0.1) is 22.6 Å². The number of aryl methyl sites for hydroxylation is 1. The topological polar surface area (TPSA) is 63.9 Å². The van der Waals surface area contributed by atoms with Crippen LogP contribution in [0, 0.1) is 6.92 Å². The fourth-order valence-electron chi connectivity index (χ4n) is 3.88. The molecule has 0 amide bonds. The lowest BCUT2D eigenvalue weighted by atomic mass is 10.1. The first-order valence-corrected chi connectivity index (χ1v) is 9.40. The number of hydrogen-bond donors (Lipinski definition) is 0. The minimum atomic E-state index is -4.52. The van der Waals surface area contributed by atoms with E-state index in [0.717, 1.165) is 16.7 Å². The maximum atomic E-state index is 13.3. The van der Waals surface area contributed by atoms with E-state index < -0.39 is 18.3 Å². The summed E-state index contributed by atoms with van der Waals surface area (Å²) in [6.07, 6.45) is -1.41. The van der Waals surface area contributed by atoms with Gasteiger partial charge in [-0.3, -0.25) is 14.3 Å². The van der Waals surface area contributed by atoms with E-state index >= 15 is 0 Å². The van der Waals surface area contributed by atoms with E-state index in [0.29, 0.717) is 30.9 Å². The first-order chi connectivity index (χ1) is 13.8. The molecule has 0 radical (unpaired) electrons. The van der Waals surface area contributed by atoms with Crippen LogP contribution in [-0.2, 0) is 13.1 Å². The summed E-state index contributed by atoms with van der Waals surface area (Å²) in [5.74, 6) is 0.797. The monoisotopic (exact) mass is 403 g/mol. The van der Waals surface area contributed by atoms with Crippen molar-refractivity contribution in [2.45, 2.75) is 45.1 Å². The number of alkyl halides is 3. The molecule has 9 heteroatoms. The van der Waals surface area contributed by atoms with Crippen molar-refractivity contribution >= 4 is 10.9 Å². The molecular formula is C20H20F3N5O. The number of nitrogens with zero attached hydrogens (tertiary/aromatic N) is 5. The lowest BCUT2D eigenvalue weighted by molar-refractivity contribution is -0.142. The third kappa shape index (κ3) is 4.14. The molecule has 1 atom stereocenters. The molecule has 2 aromatic heterocycles. The zero-order valence-electron chi connectivity index (χ0n) is 15.9. The van der Waals surface area contributed by atoms with Crippen molar-refractivity contribution in [2.75, 3.05) is 6.54 Å². The average molecular weight is 403 g/mol. The number of hydrogen-bond acceptors (Lipinski definition) is 5. The predicted octanol–water partition coefficient (Wildman–Crippen LogP) is 3.39. The highest BCUT2D eigenvalue weighted by Gasteiger charge is 2.35. The van der Waals surface area contributed by atoms with Gasteiger partial charge in [-0.15, -0.1) is 0 Å². The fraction of sp³-hybridized carbons (Fsp3) is 0.400. The van der Waals surface area contributed by atoms with Gasteiger partial charge in [-0.25, -0.2) is 15.0 Å². The van der Waals surface area contributed by atoms with Crippen molar-refractivity contribution in [3.63, 3.8) is 0 Å². The summed E-state index contributed by atoms with van der Waals surface area (Å²) in [4.78, 5) is 27.9. The van der Waals surface area contributed by atoms with Gasteiger partial charge < -0.3 is 0 Å². The van der Waals surface area contributed by atoms with Crippen molar-refractivity contribution in [3.05, 3.63) is 64.2 Å². The standard InChI is InChI=1S/C20H20F3N5O/c1-13-24-9-8-14(25-13)11-27-10-4-7-17(27)18-26-16-6-3-2-5-15(16)19(29)28(18)12-20(21,22)23/h2-3,5-6,8-9,17H,4,7,10-12H2,1H3. The highest BCUT2D eigenvalue weighted by molar-refractivity contribution is 5.77. The average Bonchev–Trinajstić information content (AvgIpc) is 3.11. The number of benzene rings is 1. The van der Waals surface area contributed by atoms with Crippen molar-refractivity contribution < 1.29 is 13.2 Å². The molecule has 29 heavy (non-hydrogen) atoms. The van der Waals surface area contributed by atoms with Gasteiger partial charge >= 0.3 is 6.18 Å². The van der Waals surface area contributed by atoms with Crippen LogP contribution in [0.25, 0.3) is 10.9 Å². The number of fused-ring (bicyclic) bond motifs is 1. The third-order valence-corrected chi connectivity index (χ3v) is 5.09. The molecule has 152 valence electrons. The van der Waals surface area contributed by atoms with Crippen molar-refractivity contribution in [1.29, 1.82) is 0 Å². The zero-order valence-corrected chi connectivity index (χ0v) is 15.9. The van der Waals surface area contributed by atoms with Gasteiger partial charge in [-0.2, -0.15) is 13.2 Å². The van der Waals surface area contributed by atoms with Crippen molar-refractivity contribution in [1.82, 2.24) is 24.4 Å². The Kier molecular flexibility index (Phi) is 5.08.